The smallest absolute Gasteiger partial charge is 0.253 e. The maximum Gasteiger partial charge on any atom is 0.253 e. The topological polar surface area (TPSA) is 109 Å². The van der Waals surface area contributed by atoms with Crippen molar-refractivity contribution in [2.45, 2.75) is 19.9 Å². The summed E-state index contributed by atoms with van der Waals surface area (Å²) in [7, 11) is 0. The van der Waals surface area contributed by atoms with Crippen LogP contribution in [0.1, 0.15) is 27.0 Å². The molecule has 3 rings (SSSR count). The number of pyridine rings is 1. The number of amides is 1. The number of aryl methyl sites for hydroxylation is 1. The molecule has 0 saturated heterocycles. The van der Waals surface area contributed by atoms with E-state index in [2.05, 4.69) is 15.5 Å². The number of amidine groups is 1. The SMILES string of the molecule is Cc1ccc(CNC(=O)c2ccc3nncn3c2)cc1CC(=N)N. The molecule has 0 spiro atoms. The summed E-state index contributed by atoms with van der Waals surface area (Å²) in [5, 5.41) is 18.0. The van der Waals surface area contributed by atoms with Crippen molar-refractivity contribution in [3.8, 4) is 0 Å². The molecule has 2 heterocycles. The zero-order valence-corrected chi connectivity index (χ0v) is 13.3. The number of rotatable bonds is 5. The van der Waals surface area contributed by atoms with Gasteiger partial charge >= 0.3 is 0 Å². The van der Waals surface area contributed by atoms with Crippen LogP contribution in [-0.4, -0.2) is 26.3 Å². The minimum atomic E-state index is -0.167. The fourth-order valence-electron chi connectivity index (χ4n) is 2.48. The van der Waals surface area contributed by atoms with E-state index in [1.165, 1.54) is 0 Å². The van der Waals surface area contributed by atoms with E-state index in [4.69, 9.17) is 11.1 Å². The Morgan fingerprint density at radius 1 is 1.33 bits per heavy atom. The fraction of sp³-hybridized carbons (Fsp3) is 0.176. The molecular formula is C17H18N6O. The number of hydrogen-bond acceptors (Lipinski definition) is 4. The highest BCUT2D eigenvalue weighted by atomic mass is 16.1. The molecular weight excluding hydrogens is 304 g/mol. The van der Waals surface area contributed by atoms with Crippen LogP contribution in [0, 0.1) is 12.3 Å². The fourth-order valence-corrected chi connectivity index (χ4v) is 2.48. The van der Waals surface area contributed by atoms with Gasteiger partial charge in [0, 0.05) is 19.2 Å². The van der Waals surface area contributed by atoms with E-state index in [0.29, 0.717) is 24.2 Å². The third-order valence-electron chi connectivity index (χ3n) is 3.80. The van der Waals surface area contributed by atoms with Gasteiger partial charge in [-0.2, -0.15) is 0 Å². The van der Waals surface area contributed by atoms with Gasteiger partial charge in [0.25, 0.3) is 5.91 Å². The van der Waals surface area contributed by atoms with Crippen LogP contribution >= 0.6 is 0 Å². The lowest BCUT2D eigenvalue weighted by atomic mass is 10.0. The summed E-state index contributed by atoms with van der Waals surface area (Å²) in [6.07, 6.45) is 3.67. The van der Waals surface area contributed by atoms with E-state index in [0.717, 1.165) is 16.7 Å². The Balaban J connectivity index is 1.70. The van der Waals surface area contributed by atoms with E-state index in [1.807, 2.05) is 25.1 Å². The number of carbonyl (C=O) groups is 1. The van der Waals surface area contributed by atoms with Gasteiger partial charge in [-0.25, -0.2) is 0 Å². The molecule has 0 aliphatic heterocycles. The third kappa shape index (κ3) is 3.40. The molecule has 0 aliphatic carbocycles. The summed E-state index contributed by atoms with van der Waals surface area (Å²) in [5.74, 6) is -0.0409. The molecule has 0 atom stereocenters. The van der Waals surface area contributed by atoms with Crippen LogP contribution in [0.3, 0.4) is 0 Å². The second kappa shape index (κ2) is 6.49. The highest BCUT2D eigenvalue weighted by Crippen LogP contribution is 2.12. The van der Waals surface area contributed by atoms with Crippen LogP contribution < -0.4 is 11.1 Å². The Bertz CT molecular complexity index is 914. The number of nitrogens with two attached hydrogens (primary N) is 1. The zero-order chi connectivity index (χ0) is 17.1. The van der Waals surface area contributed by atoms with Gasteiger partial charge in [0.1, 0.15) is 6.33 Å². The lowest BCUT2D eigenvalue weighted by molar-refractivity contribution is 0.0950. The normalized spacial score (nSPS) is 10.7. The number of hydrogen-bond donors (Lipinski definition) is 3. The van der Waals surface area contributed by atoms with Crippen molar-refractivity contribution in [3.63, 3.8) is 0 Å². The van der Waals surface area contributed by atoms with E-state index in [-0.39, 0.29) is 11.7 Å². The van der Waals surface area contributed by atoms with Crippen molar-refractivity contribution in [1.82, 2.24) is 19.9 Å². The molecule has 122 valence electrons. The van der Waals surface area contributed by atoms with Crippen LogP contribution in [0.4, 0.5) is 0 Å². The minimum Gasteiger partial charge on any atom is -0.387 e. The average Bonchev–Trinajstić information content (AvgIpc) is 3.02. The first-order valence-electron chi connectivity index (χ1n) is 7.52. The predicted molar refractivity (Wildman–Crippen MR) is 91.0 cm³/mol. The Kier molecular flexibility index (Phi) is 4.24. The van der Waals surface area contributed by atoms with E-state index < -0.39 is 0 Å². The standard InChI is InChI=1S/C17H18N6O/c1-11-2-3-12(6-14(11)7-15(18)19)8-20-17(24)13-4-5-16-22-21-10-23(16)9-13/h2-6,9-10H,7-8H2,1H3,(H3,18,19)(H,20,24). The summed E-state index contributed by atoms with van der Waals surface area (Å²) in [6, 6.07) is 9.37. The average molecular weight is 322 g/mol. The number of fused-ring (bicyclic) bond motifs is 1. The lowest BCUT2D eigenvalue weighted by Gasteiger charge is -2.10. The molecule has 3 aromatic rings. The Morgan fingerprint density at radius 2 is 2.17 bits per heavy atom. The minimum absolute atomic E-state index is 0.126. The zero-order valence-electron chi connectivity index (χ0n) is 13.3. The number of nitrogens with one attached hydrogen (secondary N) is 2. The summed E-state index contributed by atoms with van der Waals surface area (Å²) in [6.45, 7) is 2.39. The van der Waals surface area contributed by atoms with Crippen molar-refractivity contribution in [1.29, 1.82) is 5.41 Å². The quantitative estimate of drug-likeness (QED) is 0.488. The molecule has 7 nitrogen and oxygen atoms in total. The van der Waals surface area contributed by atoms with Crippen LogP contribution in [0.5, 0.6) is 0 Å². The van der Waals surface area contributed by atoms with E-state index >= 15 is 0 Å². The van der Waals surface area contributed by atoms with Crippen molar-refractivity contribution < 1.29 is 4.79 Å². The second-order valence-electron chi connectivity index (χ2n) is 5.66. The first-order valence-corrected chi connectivity index (χ1v) is 7.52. The van der Waals surface area contributed by atoms with E-state index in [1.54, 1.807) is 29.1 Å². The first-order chi connectivity index (χ1) is 11.5. The van der Waals surface area contributed by atoms with E-state index in [9.17, 15) is 4.79 Å². The molecule has 0 saturated carbocycles. The van der Waals surface area contributed by atoms with Crippen LogP contribution in [0.2, 0.25) is 0 Å². The highest BCUT2D eigenvalue weighted by molar-refractivity contribution is 5.94. The van der Waals surface area contributed by atoms with Gasteiger partial charge < -0.3 is 11.1 Å². The number of aromatic nitrogens is 3. The monoisotopic (exact) mass is 322 g/mol. The van der Waals surface area contributed by atoms with Gasteiger partial charge in [0.2, 0.25) is 0 Å². The molecule has 24 heavy (non-hydrogen) atoms. The van der Waals surface area contributed by atoms with Crippen molar-refractivity contribution in [2.75, 3.05) is 0 Å². The Labute approximate surface area is 139 Å². The molecule has 2 aromatic heterocycles. The first kappa shape index (κ1) is 15.7. The molecule has 1 amide bonds. The molecule has 0 radical (unpaired) electrons. The maximum absolute atomic E-state index is 12.3. The highest BCUT2D eigenvalue weighted by Gasteiger charge is 2.08. The second-order valence-corrected chi connectivity index (χ2v) is 5.66. The Hall–Kier alpha value is -3.22. The molecule has 7 heteroatoms. The van der Waals surface area contributed by atoms with Gasteiger partial charge in [-0.3, -0.25) is 14.6 Å². The Morgan fingerprint density at radius 3 is 2.96 bits per heavy atom. The predicted octanol–water partition coefficient (Wildman–Crippen LogP) is 1.45. The summed E-state index contributed by atoms with van der Waals surface area (Å²) in [5.41, 5.74) is 9.76. The largest absolute Gasteiger partial charge is 0.387 e. The molecule has 1 aromatic carbocycles. The van der Waals surface area contributed by atoms with Crippen molar-refractivity contribution >= 4 is 17.4 Å². The summed E-state index contributed by atoms with van der Waals surface area (Å²) >= 11 is 0. The molecule has 0 fully saturated rings. The van der Waals surface area contributed by atoms with Gasteiger partial charge in [-0.05, 0) is 35.7 Å². The number of benzene rings is 1. The number of nitrogens with zero attached hydrogens (tertiary/aromatic N) is 3. The van der Waals surface area contributed by atoms with Gasteiger partial charge in [-0.15, -0.1) is 10.2 Å². The lowest BCUT2D eigenvalue weighted by Crippen LogP contribution is -2.23. The maximum atomic E-state index is 12.3. The summed E-state index contributed by atoms with van der Waals surface area (Å²) < 4.78 is 1.70. The molecule has 0 aliphatic rings. The van der Waals surface area contributed by atoms with Gasteiger partial charge in [0.15, 0.2) is 5.65 Å². The van der Waals surface area contributed by atoms with Crippen molar-refractivity contribution in [2.24, 2.45) is 5.73 Å². The third-order valence-corrected chi connectivity index (χ3v) is 3.80. The molecule has 0 bridgehead atoms. The van der Waals surface area contributed by atoms with Crippen LogP contribution in [0.15, 0.2) is 42.9 Å². The summed E-state index contributed by atoms with van der Waals surface area (Å²) in [4.78, 5) is 12.3. The van der Waals surface area contributed by atoms with Gasteiger partial charge in [-0.1, -0.05) is 18.2 Å². The van der Waals surface area contributed by atoms with Crippen LogP contribution in [-0.2, 0) is 13.0 Å². The van der Waals surface area contributed by atoms with Crippen LogP contribution in [0.25, 0.3) is 5.65 Å². The van der Waals surface area contributed by atoms with Gasteiger partial charge in [0.05, 0.1) is 11.4 Å². The number of carbonyl (C=O) groups excluding carboxylic acids is 1. The molecule has 0 unspecified atom stereocenters. The van der Waals surface area contributed by atoms with Crippen molar-refractivity contribution in [3.05, 3.63) is 65.1 Å². The molecule has 4 N–H and O–H groups in total.